The minimum absolute atomic E-state index is 0.00186. The van der Waals surface area contributed by atoms with Gasteiger partial charge in [0.15, 0.2) is 0 Å². The first kappa shape index (κ1) is 14.1. The van der Waals surface area contributed by atoms with Gasteiger partial charge in [0.25, 0.3) is 0 Å². The topological polar surface area (TPSA) is 49.4 Å². The van der Waals surface area contributed by atoms with Gasteiger partial charge in [-0.2, -0.15) is 0 Å². The van der Waals surface area contributed by atoms with Crippen molar-refractivity contribution in [2.24, 2.45) is 5.92 Å². The number of carbonyl (C=O) groups is 2. The number of hydrogen-bond acceptors (Lipinski definition) is 2. The van der Waals surface area contributed by atoms with Gasteiger partial charge in [0.2, 0.25) is 11.8 Å². The van der Waals surface area contributed by atoms with Crippen molar-refractivity contribution in [1.82, 2.24) is 5.32 Å². The fourth-order valence-electron chi connectivity index (χ4n) is 2.18. The van der Waals surface area contributed by atoms with Gasteiger partial charge in [-0.1, -0.05) is 22.0 Å². The molecular formula is C14H17BrN2O2. The lowest BCUT2D eigenvalue weighted by molar-refractivity contribution is -0.126. The van der Waals surface area contributed by atoms with E-state index in [4.69, 9.17) is 0 Å². The largest absolute Gasteiger partial charge is 0.354 e. The van der Waals surface area contributed by atoms with E-state index in [-0.39, 0.29) is 30.2 Å². The maximum Gasteiger partial charge on any atom is 0.227 e. The maximum absolute atomic E-state index is 12.0. The molecule has 0 unspecified atom stereocenters. The van der Waals surface area contributed by atoms with Crippen LogP contribution in [0.3, 0.4) is 0 Å². The lowest BCUT2D eigenvalue weighted by atomic mass is 10.1. The van der Waals surface area contributed by atoms with E-state index in [1.807, 2.05) is 38.1 Å². The quantitative estimate of drug-likeness (QED) is 0.927. The molecule has 19 heavy (non-hydrogen) atoms. The average molecular weight is 325 g/mol. The molecule has 1 aromatic rings. The van der Waals surface area contributed by atoms with Crippen LogP contribution >= 0.6 is 15.9 Å². The summed E-state index contributed by atoms with van der Waals surface area (Å²) in [6.07, 6.45) is 0.283. The van der Waals surface area contributed by atoms with Crippen molar-refractivity contribution >= 4 is 33.4 Å². The summed E-state index contributed by atoms with van der Waals surface area (Å²) in [5.41, 5.74) is 0.833. The molecule has 1 N–H and O–H groups in total. The number of rotatable bonds is 3. The number of carbonyl (C=O) groups excluding carboxylic acids is 2. The molecule has 1 aromatic carbocycles. The fraction of sp³-hybridized carbons (Fsp3) is 0.429. The minimum Gasteiger partial charge on any atom is -0.354 e. The van der Waals surface area contributed by atoms with Crippen LogP contribution < -0.4 is 10.2 Å². The van der Waals surface area contributed by atoms with E-state index < -0.39 is 0 Å². The molecule has 0 saturated carbocycles. The van der Waals surface area contributed by atoms with Crippen LogP contribution in [-0.4, -0.2) is 24.4 Å². The summed E-state index contributed by atoms with van der Waals surface area (Å²) in [6.45, 7) is 4.29. The lowest BCUT2D eigenvalue weighted by Crippen LogP contribution is -2.36. The standard InChI is InChI=1S/C14H17BrN2O2/c1-9(2)16-14(19)10-6-13(18)17(8-10)12-5-3-4-11(15)7-12/h3-5,7,9-10H,6,8H2,1-2H3,(H,16,19)/t10-/m0/s1. The van der Waals surface area contributed by atoms with E-state index in [9.17, 15) is 9.59 Å². The molecule has 1 saturated heterocycles. The van der Waals surface area contributed by atoms with Crippen LogP contribution in [0.5, 0.6) is 0 Å². The molecular weight excluding hydrogens is 308 g/mol. The fourth-order valence-corrected chi connectivity index (χ4v) is 2.57. The van der Waals surface area contributed by atoms with Crippen molar-refractivity contribution in [2.75, 3.05) is 11.4 Å². The Labute approximate surface area is 121 Å². The Balaban J connectivity index is 2.10. The zero-order valence-corrected chi connectivity index (χ0v) is 12.6. The van der Waals surface area contributed by atoms with Gasteiger partial charge < -0.3 is 10.2 Å². The molecule has 0 aliphatic carbocycles. The smallest absolute Gasteiger partial charge is 0.227 e. The summed E-state index contributed by atoms with van der Waals surface area (Å²) >= 11 is 3.39. The molecule has 1 fully saturated rings. The Morgan fingerprint density at radius 3 is 2.84 bits per heavy atom. The average Bonchev–Trinajstić information content (AvgIpc) is 2.70. The summed E-state index contributed by atoms with van der Waals surface area (Å²) in [5.74, 6) is -0.295. The lowest BCUT2D eigenvalue weighted by Gasteiger charge is -2.17. The molecule has 2 rings (SSSR count). The normalized spacial score (nSPS) is 19.1. The predicted octanol–water partition coefficient (Wildman–Crippen LogP) is 2.33. The Kier molecular flexibility index (Phi) is 4.24. The molecule has 4 nitrogen and oxygen atoms in total. The Morgan fingerprint density at radius 2 is 2.21 bits per heavy atom. The molecule has 1 aliphatic heterocycles. The molecule has 1 aliphatic rings. The maximum atomic E-state index is 12.0. The zero-order valence-electron chi connectivity index (χ0n) is 11.0. The summed E-state index contributed by atoms with van der Waals surface area (Å²) < 4.78 is 0.924. The van der Waals surface area contributed by atoms with Crippen LogP contribution in [0.25, 0.3) is 0 Å². The van der Waals surface area contributed by atoms with Crippen LogP contribution in [0.1, 0.15) is 20.3 Å². The highest BCUT2D eigenvalue weighted by molar-refractivity contribution is 9.10. The molecule has 0 spiro atoms. The predicted molar refractivity (Wildman–Crippen MR) is 77.9 cm³/mol. The van der Waals surface area contributed by atoms with Crippen LogP contribution in [0.4, 0.5) is 5.69 Å². The highest BCUT2D eigenvalue weighted by Gasteiger charge is 2.35. The van der Waals surface area contributed by atoms with Crippen LogP contribution in [0.15, 0.2) is 28.7 Å². The number of benzene rings is 1. The van der Waals surface area contributed by atoms with E-state index >= 15 is 0 Å². The van der Waals surface area contributed by atoms with Crippen LogP contribution in [0.2, 0.25) is 0 Å². The van der Waals surface area contributed by atoms with E-state index in [0.29, 0.717) is 6.54 Å². The summed E-state index contributed by atoms with van der Waals surface area (Å²) in [5, 5.41) is 2.86. The molecule has 102 valence electrons. The number of nitrogens with one attached hydrogen (secondary N) is 1. The third-order valence-electron chi connectivity index (χ3n) is 3.05. The van der Waals surface area contributed by atoms with Gasteiger partial charge >= 0.3 is 0 Å². The van der Waals surface area contributed by atoms with Crippen molar-refractivity contribution in [2.45, 2.75) is 26.3 Å². The first-order valence-corrected chi connectivity index (χ1v) is 7.13. The number of amides is 2. The molecule has 1 heterocycles. The Bertz CT molecular complexity index is 502. The summed E-state index contributed by atoms with van der Waals surface area (Å²) in [4.78, 5) is 25.6. The van der Waals surface area contributed by atoms with Crippen molar-refractivity contribution < 1.29 is 9.59 Å². The highest BCUT2D eigenvalue weighted by atomic mass is 79.9. The number of anilines is 1. The van der Waals surface area contributed by atoms with E-state index in [1.54, 1.807) is 4.90 Å². The number of nitrogens with zero attached hydrogens (tertiary/aromatic N) is 1. The van der Waals surface area contributed by atoms with Gasteiger partial charge in [-0.3, -0.25) is 9.59 Å². The van der Waals surface area contributed by atoms with Gasteiger partial charge in [-0.15, -0.1) is 0 Å². The second-order valence-electron chi connectivity index (χ2n) is 5.05. The second kappa shape index (κ2) is 5.74. The van der Waals surface area contributed by atoms with Gasteiger partial charge in [-0.25, -0.2) is 0 Å². The summed E-state index contributed by atoms with van der Waals surface area (Å²) in [7, 11) is 0. The summed E-state index contributed by atoms with van der Waals surface area (Å²) in [6, 6.07) is 7.66. The Hall–Kier alpha value is -1.36. The van der Waals surface area contributed by atoms with E-state index in [0.717, 1.165) is 10.2 Å². The van der Waals surface area contributed by atoms with Crippen molar-refractivity contribution in [1.29, 1.82) is 0 Å². The highest BCUT2D eigenvalue weighted by Crippen LogP contribution is 2.27. The third-order valence-corrected chi connectivity index (χ3v) is 3.54. The van der Waals surface area contributed by atoms with E-state index in [1.165, 1.54) is 0 Å². The minimum atomic E-state index is -0.256. The van der Waals surface area contributed by atoms with Crippen LogP contribution in [0, 0.1) is 5.92 Å². The van der Waals surface area contributed by atoms with Gasteiger partial charge in [0.05, 0.1) is 5.92 Å². The number of halogens is 1. The SMILES string of the molecule is CC(C)NC(=O)[C@H]1CC(=O)N(c2cccc(Br)c2)C1. The molecule has 0 bridgehead atoms. The van der Waals surface area contributed by atoms with Crippen LogP contribution in [-0.2, 0) is 9.59 Å². The monoisotopic (exact) mass is 324 g/mol. The molecule has 0 aromatic heterocycles. The zero-order chi connectivity index (χ0) is 14.0. The van der Waals surface area contributed by atoms with E-state index in [2.05, 4.69) is 21.2 Å². The number of hydrogen-bond donors (Lipinski definition) is 1. The molecule has 5 heteroatoms. The first-order valence-electron chi connectivity index (χ1n) is 6.33. The van der Waals surface area contributed by atoms with Gasteiger partial charge in [0, 0.05) is 29.2 Å². The van der Waals surface area contributed by atoms with Gasteiger partial charge in [0.1, 0.15) is 0 Å². The van der Waals surface area contributed by atoms with Crippen molar-refractivity contribution in [3.63, 3.8) is 0 Å². The molecule has 1 atom stereocenters. The van der Waals surface area contributed by atoms with Gasteiger partial charge in [-0.05, 0) is 32.0 Å². The first-order chi connectivity index (χ1) is 8.97. The third kappa shape index (κ3) is 3.35. The van der Waals surface area contributed by atoms with Crippen molar-refractivity contribution in [3.8, 4) is 0 Å². The Morgan fingerprint density at radius 1 is 1.47 bits per heavy atom. The molecule has 2 amide bonds. The van der Waals surface area contributed by atoms with Crippen molar-refractivity contribution in [3.05, 3.63) is 28.7 Å². The molecule has 0 radical (unpaired) electrons. The second-order valence-corrected chi connectivity index (χ2v) is 5.96.